The van der Waals surface area contributed by atoms with Gasteiger partial charge in [-0.25, -0.2) is 4.99 Å². The summed E-state index contributed by atoms with van der Waals surface area (Å²) in [6, 6.07) is 11.7. The lowest BCUT2D eigenvalue weighted by atomic mass is 10.3. The van der Waals surface area contributed by atoms with Gasteiger partial charge >= 0.3 is 0 Å². The zero-order valence-electron chi connectivity index (χ0n) is 10.1. The molecular weight excluding hydrogens is 212 g/mol. The lowest BCUT2D eigenvalue weighted by Gasteiger charge is -2.09. The molecule has 0 aliphatic rings. The van der Waals surface area contributed by atoms with Crippen LogP contribution in [-0.2, 0) is 6.54 Å². The van der Waals surface area contributed by atoms with E-state index in [-0.39, 0.29) is 0 Å². The summed E-state index contributed by atoms with van der Waals surface area (Å²) < 4.78 is 1.95. The van der Waals surface area contributed by atoms with Gasteiger partial charge in [0.15, 0.2) is 5.49 Å². The van der Waals surface area contributed by atoms with Gasteiger partial charge in [-0.3, -0.25) is 0 Å². The van der Waals surface area contributed by atoms with E-state index in [0.29, 0.717) is 11.4 Å². The Morgan fingerprint density at radius 1 is 1.29 bits per heavy atom. The van der Waals surface area contributed by atoms with Gasteiger partial charge in [0.2, 0.25) is 5.95 Å². The van der Waals surface area contributed by atoms with Crippen molar-refractivity contribution in [1.29, 1.82) is 0 Å². The van der Waals surface area contributed by atoms with Crippen molar-refractivity contribution >= 4 is 11.6 Å². The number of nitrogen functional groups attached to an aromatic ring is 1. The Balaban J connectivity index is 2.51. The number of para-hydroxylation sites is 1. The van der Waals surface area contributed by atoms with Crippen LogP contribution in [0.3, 0.4) is 0 Å². The van der Waals surface area contributed by atoms with Crippen molar-refractivity contribution in [2.75, 3.05) is 5.73 Å². The van der Waals surface area contributed by atoms with Gasteiger partial charge in [0.1, 0.15) is 0 Å². The number of aromatic nitrogens is 2. The topological polar surface area (TPSA) is 56.2 Å². The van der Waals surface area contributed by atoms with Crippen molar-refractivity contribution in [3.63, 3.8) is 0 Å². The van der Waals surface area contributed by atoms with Crippen molar-refractivity contribution in [3.05, 3.63) is 47.6 Å². The van der Waals surface area contributed by atoms with Crippen molar-refractivity contribution in [1.82, 2.24) is 9.55 Å². The Morgan fingerprint density at radius 3 is 2.59 bits per heavy atom. The number of hydrogen-bond acceptors (Lipinski definition) is 3. The van der Waals surface area contributed by atoms with Crippen LogP contribution in [0.1, 0.15) is 12.6 Å². The number of benzene rings is 1. The van der Waals surface area contributed by atoms with Crippen LogP contribution in [0, 0.1) is 6.92 Å². The monoisotopic (exact) mass is 228 g/mol. The smallest absolute Gasteiger partial charge is 0.202 e. The van der Waals surface area contributed by atoms with Gasteiger partial charge in [0.25, 0.3) is 0 Å². The third-order valence-corrected chi connectivity index (χ3v) is 2.59. The minimum absolute atomic E-state index is 0.502. The highest BCUT2D eigenvalue weighted by molar-refractivity contribution is 5.36. The molecule has 4 heteroatoms. The molecule has 2 rings (SSSR count). The average Bonchev–Trinajstić information content (AvgIpc) is 2.30. The normalized spacial score (nSPS) is 11.8. The predicted molar refractivity (Wildman–Crippen MR) is 68.7 cm³/mol. The quantitative estimate of drug-likeness (QED) is 0.855. The Bertz CT molecular complexity index is 543. The Kier molecular flexibility index (Phi) is 3.23. The number of nitrogens with two attached hydrogens (primary N) is 1. The molecule has 0 saturated carbocycles. The molecule has 1 aromatic heterocycles. The number of hydrogen-bond donors (Lipinski definition) is 1. The molecular formula is C13H16N4. The zero-order valence-corrected chi connectivity index (χ0v) is 10.1. The van der Waals surface area contributed by atoms with E-state index in [2.05, 4.69) is 9.98 Å². The van der Waals surface area contributed by atoms with Gasteiger partial charge in [0, 0.05) is 18.3 Å². The van der Waals surface area contributed by atoms with Gasteiger partial charge < -0.3 is 10.3 Å². The molecule has 0 unspecified atom stereocenters. The molecule has 0 atom stereocenters. The van der Waals surface area contributed by atoms with E-state index < -0.39 is 0 Å². The molecule has 0 aliphatic heterocycles. The van der Waals surface area contributed by atoms with Gasteiger partial charge in [-0.15, -0.1) is 0 Å². The van der Waals surface area contributed by atoms with Crippen LogP contribution >= 0.6 is 0 Å². The minimum atomic E-state index is 0.502. The third kappa shape index (κ3) is 2.53. The van der Waals surface area contributed by atoms with E-state index in [1.807, 2.05) is 54.8 Å². The van der Waals surface area contributed by atoms with Gasteiger partial charge in [0.05, 0.1) is 5.69 Å². The lowest BCUT2D eigenvalue weighted by molar-refractivity contribution is 0.715. The van der Waals surface area contributed by atoms with Gasteiger partial charge in [-0.2, -0.15) is 4.98 Å². The number of rotatable bonds is 2. The summed E-state index contributed by atoms with van der Waals surface area (Å²) in [6.07, 6.45) is 0. The summed E-state index contributed by atoms with van der Waals surface area (Å²) in [7, 11) is 0. The SMILES string of the molecule is CCn1c(C)cc(=Nc2ccccc2)nc1N. The molecule has 1 aromatic carbocycles. The molecule has 2 N–H and O–H groups in total. The third-order valence-electron chi connectivity index (χ3n) is 2.59. The molecule has 1 heterocycles. The fraction of sp³-hybridized carbons (Fsp3) is 0.231. The first-order chi connectivity index (χ1) is 8.20. The summed E-state index contributed by atoms with van der Waals surface area (Å²) in [5.41, 5.74) is 8.47. The second kappa shape index (κ2) is 4.82. The molecule has 2 aromatic rings. The van der Waals surface area contributed by atoms with Gasteiger partial charge in [-0.1, -0.05) is 18.2 Å². The summed E-state index contributed by atoms with van der Waals surface area (Å²) in [4.78, 5) is 8.71. The Morgan fingerprint density at radius 2 is 2.00 bits per heavy atom. The number of nitrogens with zero attached hydrogens (tertiary/aromatic N) is 3. The highest BCUT2D eigenvalue weighted by Gasteiger charge is 1.99. The maximum atomic E-state index is 5.88. The summed E-state index contributed by atoms with van der Waals surface area (Å²) in [5, 5.41) is 0. The molecule has 0 spiro atoms. The van der Waals surface area contributed by atoms with E-state index in [0.717, 1.165) is 17.9 Å². The molecule has 17 heavy (non-hydrogen) atoms. The zero-order chi connectivity index (χ0) is 12.3. The van der Waals surface area contributed by atoms with Crippen molar-refractivity contribution < 1.29 is 0 Å². The molecule has 88 valence electrons. The molecule has 0 amide bonds. The molecule has 0 saturated heterocycles. The van der Waals surface area contributed by atoms with Crippen LogP contribution in [0.15, 0.2) is 41.4 Å². The highest BCUT2D eigenvalue weighted by atomic mass is 15.1. The lowest BCUT2D eigenvalue weighted by Crippen LogP contribution is -2.18. The van der Waals surface area contributed by atoms with E-state index in [1.54, 1.807) is 0 Å². The molecule has 0 aliphatic carbocycles. The fourth-order valence-corrected chi connectivity index (χ4v) is 1.76. The Hall–Kier alpha value is -2.10. The summed E-state index contributed by atoms with van der Waals surface area (Å²) in [6.45, 7) is 4.86. The average molecular weight is 228 g/mol. The first-order valence-corrected chi connectivity index (χ1v) is 5.64. The predicted octanol–water partition coefficient (Wildman–Crippen LogP) is 2.03. The second-order valence-corrected chi connectivity index (χ2v) is 3.81. The van der Waals surface area contributed by atoms with Crippen LogP contribution in [0.2, 0.25) is 0 Å². The standard InChI is InChI=1S/C13H16N4/c1-3-17-10(2)9-12(16-13(17)14)15-11-7-5-4-6-8-11/h4-9H,3H2,1-2H3,(H2,14,15,16). The van der Waals surface area contributed by atoms with Crippen LogP contribution in [0.4, 0.5) is 11.6 Å². The fourth-order valence-electron chi connectivity index (χ4n) is 1.76. The van der Waals surface area contributed by atoms with Crippen LogP contribution in [0.5, 0.6) is 0 Å². The summed E-state index contributed by atoms with van der Waals surface area (Å²) in [5.74, 6) is 0.502. The molecule has 4 nitrogen and oxygen atoms in total. The maximum absolute atomic E-state index is 5.88. The summed E-state index contributed by atoms with van der Waals surface area (Å²) >= 11 is 0. The van der Waals surface area contributed by atoms with E-state index in [1.165, 1.54) is 0 Å². The van der Waals surface area contributed by atoms with E-state index >= 15 is 0 Å². The number of anilines is 1. The molecule has 0 radical (unpaired) electrons. The van der Waals surface area contributed by atoms with Crippen molar-refractivity contribution in [2.45, 2.75) is 20.4 Å². The first kappa shape index (κ1) is 11.4. The maximum Gasteiger partial charge on any atom is 0.202 e. The van der Waals surface area contributed by atoms with Crippen LogP contribution in [-0.4, -0.2) is 9.55 Å². The van der Waals surface area contributed by atoms with Crippen molar-refractivity contribution in [3.8, 4) is 0 Å². The van der Waals surface area contributed by atoms with E-state index in [9.17, 15) is 0 Å². The van der Waals surface area contributed by atoms with E-state index in [4.69, 9.17) is 5.73 Å². The number of aryl methyl sites for hydroxylation is 1. The minimum Gasteiger partial charge on any atom is -0.369 e. The second-order valence-electron chi connectivity index (χ2n) is 3.81. The van der Waals surface area contributed by atoms with Crippen molar-refractivity contribution in [2.24, 2.45) is 4.99 Å². The van der Waals surface area contributed by atoms with Crippen LogP contribution in [0.25, 0.3) is 0 Å². The Labute approximate surface area is 100 Å². The first-order valence-electron chi connectivity index (χ1n) is 5.64. The largest absolute Gasteiger partial charge is 0.369 e. The molecule has 0 bridgehead atoms. The highest BCUT2D eigenvalue weighted by Crippen LogP contribution is 2.08. The van der Waals surface area contributed by atoms with Gasteiger partial charge in [-0.05, 0) is 26.0 Å². The van der Waals surface area contributed by atoms with Crippen LogP contribution < -0.4 is 11.2 Å². The molecule has 0 fully saturated rings.